The molecule has 51 heavy (non-hydrogen) atoms. The third-order valence-corrected chi connectivity index (χ3v) is 12.4. The molecule has 0 radical (unpaired) electrons. The highest BCUT2D eigenvalue weighted by Crippen LogP contribution is 2.49. The predicted molar refractivity (Wildman–Crippen MR) is 214 cm³/mol. The van der Waals surface area contributed by atoms with Crippen LogP contribution in [0.3, 0.4) is 0 Å². The van der Waals surface area contributed by atoms with E-state index in [0.717, 1.165) is 99.0 Å². The summed E-state index contributed by atoms with van der Waals surface area (Å²) in [4.78, 5) is 2.31. The van der Waals surface area contributed by atoms with Gasteiger partial charge < -0.3 is 18.1 Å². The zero-order valence-corrected chi connectivity index (χ0v) is 29.1. The van der Waals surface area contributed by atoms with E-state index in [1.54, 1.807) is 0 Å². The quantitative estimate of drug-likeness (QED) is 0.175. The molecule has 4 heterocycles. The summed E-state index contributed by atoms with van der Waals surface area (Å²) in [6.07, 6.45) is 0. The first kappa shape index (κ1) is 28.3. The molecule has 11 aromatic rings. The molecule has 0 bridgehead atoms. The highest BCUT2D eigenvalue weighted by Gasteiger charge is 2.26. The number of benzene rings is 7. The smallest absolute Gasteiger partial charge is 0.160 e. The van der Waals surface area contributed by atoms with Crippen LogP contribution >= 0.6 is 0 Å². The third-order valence-electron chi connectivity index (χ3n) is 10.7. The first-order valence-electron chi connectivity index (χ1n) is 17.3. The zero-order chi connectivity index (χ0) is 34.0. The predicted octanol–water partition coefficient (Wildman–Crippen LogP) is 11.7. The first-order chi connectivity index (χ1) is 25.1. The van der Waals surface area contributed by atoms with Gasteiger partial charge in [0.2, 0.25) is 0 Å². The minimum absolute atomic E-state index is 0.635. The van der Waals surface area contributed by atoms with Gasteiger partial charge >= 0.3 is 0 Å². The van der Waals surface area contributed by atoms with Crippen LogP contribution in [-0.4, -0.2) is 13.2 Å². The molecule has 0 aliphatic carbocycles. The zero-order valence-electron chi connectivity index (χ0n) is 27.9. The molecule has 0 saturated carbocycles. The van der Waals surface area contributed by atoms with Crippen LogP contribution in [0.4, 0.5) is 17.1 Å². The number of anilines is 3. The summed E-state index contributed by atoms with van der Waals surface area (Å²) in [5, 5.41) is 20.0. The molecule has 0 N–H and O–H groups in total. The molecular formula is C45H29N3O2Si. The van der Waals surface area contributed by atoms with Crippen molar-refractivity contribution in [1.29, 1.82) is 5.26 Å². The van der Waals surface area contributed by atoms with E-state index in [4.69, 9.17) is 8.83 Å². The largest absolute Gasteiger partial charge is 0.454 e. The van der Waals surface area contributed by atoms with Gasteiger partial charge in [0.15, 0.2) is 11.2 Å². The van der Waals surface area contributed by atoms with Crippen LogP contribution in [0.25, 0.3) is 82.0 Å². The van der Waals surface area contributed by atoms with Crippen LogP contribution in [0.1, 0.15) is 5.56 Å². The van der Waals surface area contributed by atoms with Crippen LogP contribution in [0.2, 0.25) is 13.1 Å². The molecule has 5 nitrogen and oxygen atoms in total. The molecule has 7 aromatic carbocycles. The van der Waals surface area contributed by atoms with Gasteiger partial charge in [-0.1, -0.05) is 78.9 Å². The molecule has 0 saturated heterocycles. The number of furan rings is 2. The number of hydrogen-bond acceptors (Lipinski definition) is 4. The lowest BCUT2D eigenvalue weighted by Gasteiger charge is -2.26. The lowest BCUT2D eigenvalue weighted by molar-refractivity contribution is 0.670. The fourth-order valence-corrected chi connectivity index (χ4v) is 9.27. The van der Waals surface area contributed by atoms with Gasteiger partial charge in [-0.3, -0.25) is 0 Å². The van der Waals surface area contributed by atoms with Crippen molar-refractivity contribution in [2.75, 3.05) is 4.90 Å². The summed E-state index contributed by atoms with van der Waals surface area (Å²) in [6.45, 7) is 4.71. The van der Waals surface area contributed by atoms with Gasteiger partial charge in [-0.05, 0) is 72.8 Å². The average molecular weight is 672 g/mol. The van der Waals surface area contributed by atoms with Crippen molar-refractivity contribution < 1.29 is 8.83 Å². The Morgan fingerprint density at radius 1 is 0.510 bits per heavy atom. The van der Waals surface area contributed by atoms with Crippen LogP contribution in [0.15, 0.2) is 142 Å². The van der Waals surface area contributed by atoms with E-state index in [2.05, 4.69) is 113 Å². The molecule has 0 unspecified atom stereocenters. The Morgan fingerprint density at radius 2 is 1.00 bits per heavy atom. The monoisotopic (exact) mass is 671 g/mol. The summed E-state index contributed by atoms with van der Waals surface area (Å²) >= 11 is 0. The van der Waals surface area contributed by atoms with Gasteiger partial charge in [0.05, 0.1) is 37.0 Å². The number of nitriles is 1. The average Bonchev–Trinajstić information content (AvgIpc) is 3.91. The van der Waals surface area contributed by atoms with Crippen LogP contribution in [-0.2, 0) is 0 Å². The van der Waals surface area contributed by atoms with Gasteiger partial charge in [-0.2, -0.15) is 5.26 Å². The number of nitrogens with zero attached hydrogens (tertiary/aromatic N) is 3. The van der Waals surface area contributed by atoms with E-state index in [-0.39, 0.29) is 0 Å². The molecule has 0 aliphatic rings. The van der Waals surface area contributed by atoms with Crippen LogP contribution < -0.4 is 10.1 Å². The summed E-state index contributed by atoms with van der Waals surface area (Å²) in [7, 11) is -0.976. The summed E-state index contributed by atoms with van der Waals surface area (Å²) in [6, 6.07) is 49.3. The maximum atomic E-state index is 9.61. The second-order valence-electron chi connectivity index (χ2n) is 13.8. The Labute approximate surface area is 293 Å². The minimum Gasteiger partial charge on any atom is -0.454 e. The SMILES string of the molecule is C[SiH](C)c1ccc(N(c2ccc(C#N)cc2)c2cc3c4ccc5c6ccccc6oc5c4n4c3c(c2)c2ccc3c5ccccc5oc3c24)cc1. The molecule has 6 heteroatoms. The molecule has 0 atom stereocenters. The van der Waals surface area contributed by atoms with Gasteiger partial charge in [0.1, 0.15) is 11.2 Å². The number of rotatable bonds is 4. The van der Waals surface area contributed by atoms with E-state index < -0.39 is 8.80 Å². The first-order valence-corrected chi connectivity index (χ1v) is 20.2. The molecule has 0 fully saturated rings. The number of aromatic nitrogens is 1. The van der Waals surface area contributed by atoms with E-state index in [0.29, 0.717) is 5.56 Å². The topological polar surface area (TPSA) is 57.7 Å². The Balaban J connectivity index is 1.31. The normalized spacial score (nSPS) is 12.3. The number of hydrogen-bond donors (Lipinski definition) is 0. The van der Waals surface area contributed by atoms with Gasteiger partial charge in [-0.25, -0.2) is 0 Å². The Bertz CT molecular complexity index is 3070. The third kappa shape index (κ3) is 3.84. The molecule has 0 amide bonds. The number of fused-ring (bicyclic) bond motifs is 14. The van der Waals surface area contributed by atoms with Crippen molar-refractivity contribution in [3.63, 3.8) is 0 Å². The lowest BCUT2D eigenvalue weighted by Crippen LogP contribution is -2.22. The summed E-state index contributed by atoms with van der Waals surface area (Å²) in [5.74, 6) is 0. The van der Waals surface area contributed by atoms with E-state index in [1.807, 2.05) is 48.5 Å². The van der Waals surface area contributed by atoms with Crippen LogP contribution in [0, 0.1) is 11.3 Å². The second-order valence-corrected chi connectivity index (χ2v) is 16.8. The van der Waals surface area contributed by atoms with Crippen LogP contribution in [0.5, 0.6) is 0 Å². The summed E-state index contributed by atoms with van der Waals surface area (Å²) in [5.41, 5.74) is 10.5. The fourth-order valence-electron chi connectivity index (χ4n) is 8.30. The maximum Gasteiger partial charge on any atom is 0.160 e. The Hall–Kier alpha value is -6.55. The van der Waals surface area contributed by atoms with E-state index in [9.17, 15) is 5.26 Å². The molecule has 0 aliphatic heterocycles. The second kappa shape index (κ2) is 10.2. The minimum atomic E-state index is -0.976. The summed E-state index contributed by atoms with van der Waals surface area (Å²) < 4.78 is 15.9. The molecule has 0 spiro atoms. The van der Waals surface area contributed by atoms with Gasteiger partial charge in [0.25, 0.3) is 0 Å². The van der Waals surface area contributed by atoms with Gasteiger partial charge in [-0.15, -0.1) is 0 Å². The highest BCUT2D eigenvalue weighted by molar-refractivity contribution is 6.70. The lowest BCUT2D eigenvalue weighted by atomic mass is 10.0. The Morgan fingerprint density at radius 3 is 1.51 bits per heavy atom. The molecule has 4 aromatic heterocycles. The molecule has 240 valence electrons. The van der Waals surface area contributed by atoms with Crippen molar-refractivity contribution in [3.05, 3.63) is 139 Å². The van der Waals surface area contributed by atoms with Gasteiger partial charge in [0, 0.05) is 60.2 Å². The van der Waals surface area contributed by atoms with Crippen molar-refractivity contribution in [2.45, 2.75) is 13.1 Å². The standard InChI is InChI=1S/C45H29N3O2Si/c1-51(2)30-17-15-28(16-18-30)47(27-13-11-26(25-46)12-14-27)29-23-37-33-19-21-35-31-7-3-5-9-39(31)49-44(35)42(33)48-41(37)38(24-29)34-20-22-36-32-8-4-6-10-40(32)50-45(36)43(34)48/h3-24,51H,1-2H3. The molecular weight excluding hydrogens is 643 g/mol. The van der Waals surface area contributed by atoms with Crippen molar-refractivity contribution >= 4 is 113 Å². The van der Waals surface area contributed by atoms with Crippen molar-refractivity contribution in [2.24, 2.45) is 0 Å². The maximum absolute atomic E-state index is 9.61. The highest BCUT2D eigenvalue weighted by atomic mass is 28.3. The Kier molecular flexibility index (Phi) is 5.68. The number of para-hydroxylation sites is 2. The molecule has 11 rings (SSSR count). The van der Waals surface area contributed by atoms with E-state index in [1.165, 1.54) is 5.19 Å². The fraction of sp³-hybridized carbons (Fsp3) is 0.0444. The van der Waals surface area contributed by atoms with Crippen molar-refractivity contribution in [3.8, 4) is 6.07 Å². The van der Waals surface area contributed by atoms with E-state index >= 15 is 0 Å². The van der Waals surface area contributed by atoms with Crippen molar-refractivity contribution in [1.82, 2.24) is 4.40 Å².